The van der Waals surface area contributed by atoms with Crippen LogP contribution in [0.25, 0.3) is 11.0 Å². The molecule has 0 saturated carbocycles. The van der Waals surface area contributed by atoms with Gasteiger partial charge in [-0.1, -0.05) is 54.2 Å². The molecule has 0 radical (unpaired) electrons. The maximum absolute atomic E-state index is 12.7. The van der Waals surface area contributed by atoms with E-state index < -0.39 is 0 Å². The summed E-state index contributed by atoms with van der Waals surface area (Å²) in [5.41, 5.74) is 3.61. The van der Waals surface area contributed by atoms with Crippen LogP contribution in [-0.2, 0) is 22.6 Å². The van der Waals surface area contributed by atoms with Crippen LogP contribution in [0.3, 0.4) is 0 Å². The molecule has 0 aliphatic rings. The second kappa shape index (κ2) is 12.1. The van der Waals surface area contributed by atoms with Crippen molar-refractivity contribution in [3.05, 3.63) is 84.4 Å². The first kappa shape index (κ1) is 24.3. The average molecular weight is 489 g/mol. The number of benzene rings is 3. The number of para-hydroxylation sites is 2. The van der Waals surface area contributed by atoms with Crippen molar-refractivity contribution in [3.8, 4) is 5.75 Å². The minimum absolute atomic E-state index is 0.0780. The number of hydrogen-bond acceptors (Lipinski definition) is 5. The van der Waals surface area contributed by atoms with Crippen LogP contribution in [0.15, 0.2) is 84.0 Å². The molecule has 180 valence electrons. The van der Waals surface area contributed by atoms with Gasteiger partial charge in [0.25, 0.3) is 0 Å². The molecule has 0 unspecified atom stereocenters. The fourth-order valence-corrected chi connectivity index (χ4v) is 4.50. The quantitative estimate of drug-likeness (QED) is 0.239. The Hall–Kier alpha value is -3.78. The average Bonchev–Trinajstić information content (AvgIpc) is 3.23. The van der Waals surface area contributed by atoms with E-state index in [-0.39, 0.29) is 24.1 Å². The van der Waals surface area contributed by atoms with Crippen LogP contribution in [-0.4, -0.2) is 40.8 Å². The molecule has 0 fully saturated rings. The van der Waals surface area contributed by atoms with Crippen molar-refractivity contribution < 1.29 is 14.3 Å². The normalized spacial score (nSPS) is 10.8. The van der Waals surface area contributed by atoms with Gasteiger partial charge in [-0.3, -0.25) is 9.59 Å². The van der Waals surface area contributed by atoms with Crippen molar-refractivity contribution in [2.45, 2.75) is 24.5 Å². The lowest BCUT2D eigenvalue weighted by atomic mass is 10.1. The SMILES string of the molecule is COc1ccc(NC(=O)CSc2nc3ccccc3n2CC(=O)NCCCc2ccccc2)cc1. The van der Waals surface area contributed by atoms with Gasteiger partial charge in [-0.2, -0.15) is 0 Å². The number of aromatic nitrogens is 2. The molecule has 0 aliphatic carbocycles. The largest absolute Gasteiger partial charge is 0.497 e. The van der Waals surface area contributed by atoms with Crippen molar-refractivity contribution >= 4 is 40.3 Å². The third-order valence-corrected chi connectivity index (χ3v) is 6.41. The molecule has 1 heterocycles. The fourth-order valence-electron chi connectivity index (χ4n) is 3.68. The summed E-state index contributed by atoms with van der Waals surface area (Å²) in [6.07, 6.45) is 1.78. The highest BCUT2D eigenvalue weighted by Crippen LogP contribution is 2.24. The minimum Gasteiger partial charge on any atom is -0.497 e. The van der Waals surface area contributed by atoms with Gasteiger partial charge in [-0.25, -0.2) is 4.98 Å². The highest BCUT2D eigenvalue weighted by Gasteiger charge is 2.15. The van der Waals surface area contributed by atoms with Gasteiger partial charge in [-0.05, 0) is 54.8 Å². The smallest absolute Gasteiger partial charge is 0.240 e. The Kier molecular flexibility index (Phi) is 8.40. The first-order valence-corrected chi connectivity index (χ1v) is 12.4. The molecular formula is C27H28N4O3S. The number of carbonyl (C=O) groups excluding carboxylic acids is 2. The Labute approximate surface area is 208 Å². The van der Waals surface area contributed by atoms with Gasteiger partial charge < -0.3 is 19.9 Å². The fraction of sp³-hybridized carbons (Fsp3) is 0.222. The van der Waals surface area contributed by atoms with Gasteiger partial charge in [0, 0.05) is 12.2 Å². The molecule has 0 bridgehead atoms. The molecule has 7 nitrogen and oxygen atoms in total. The number of carbonyl (C=O) groups is 2. The number of methoxy groups -OCH3 is 1. The summed E-state index contributed by atoms with van der Waals surface area (Å²) in [5, 5.41) is 6.51. The predicted molar refractivity (Wildman–Crippen MR) is 140 cm³/mol. The predicted octanol–water partition coefficient (Wildman–Crippen LogP) is 4.52. The topological polar surface area (TPSA) is 85.2 Å². The van der Waals surface area contributed by atoms with Crippen LogP contribution in [0.4, 0.5) is 5.69 Å². The number of fused-ring (bicyclic) bond motifs is 1. The minimum atomic E-state index is -0.149. The second-order valence-electron chi connectivity index (χ2n) is 7.97. The molecule has 35 heavy (non-hydrogen) atoms. The van der Waals surface area contributed by atoms with Gasteiger partial charge in [0.2, 0.25) is 11.8 Å². The van der Waals surface area contributed by atoms with Crippen molar-refractivity contribution in [2.24, 2.45) is 0 Å². The van der Waals surface area contributed by atoms with Crippen molar-refractivity contribution in [3.63, 3.8) is 0 Å². The van der Waals surface area contributed by atoms with Crippen LogP contribution < -0.4 is 15.4 Å². The summed E-state index contributed by atoms with van der Waals surface area (Å²) in [5.74, 6) is 0.674. The van der Waals surface area contributed by atoms with E-state index >= 15 is 0 Å². The number of amides is 2. The molecule has 0 atom stereocenters. The Balaban J connectivity index is 1.34. The molecule has 1 aromatic heterocycles. The molecular weight excluding hydrogens is 460 g/mol. The summed E-state index contributed by atoms with van der Waals surface area (Å²) in [6.45, 7) is 0.751. The van der Waals surface area contributed by atoms with E-state index in [1.165, 1.54) is 17.3 Å². The van der Waals surface area contributed by atoms with E-state index in [1.54, 1.807) is 31.4 Å². The zero-order valence-corrected chi connectivity index (χ0v) is 20.4. The zero-order valence-electron chi connectivity index (χ0n) is 19.6. The second-order valence-corrected chi connectivity index (χ2v) is 8.92. The lowest BCUT2D eigenvalue weighted by molar-refractivity contribution is -0.121. The summed E-state index contributed by atoms with van der Waals surface area (Å²) in [4.78, 5) is 29.8. The molecule has 2 amide bonds. The highest BCUT2D eigenvalue weighted by atomic mass is 32.2. The van der Waals surface area contributed by atoms with Crippen molar-refractivity contribution in [1.29, 1.82) is 0 Å². The first-order chi connectivity index (χ1) is 17.1. The van der Waals surface area contributed by atoms with Gasteiger partial charge in [-0.15, -0.1) is 0 Å². The maximum atomic E-state index is 12.7. The monoisotopic (exact) mass is 488 g/mol. The lowest BCUT2D eigenvalue weighted by Crippen LogP contribution is -2.29. The Morgan fingerprint density at radius 2 is 1.69 bits per heavy atom. The van der Waals surface area contributed by atoms with E-state index in [4.69, 9.17) is 4.74 Å². The molecule has 0 aliphatic heterocycles. The molecule has 2 N–H and O–H groups in total. The highest BCUT2D eigenvalue weighted by molar-refractivity contribution is 7.99. The Bertz CT molecular complexity index is 1270. The molecule has 0 spiro atoms. The van der Waals surface area contributed by atoms with Gasteiger partial charge in [0.05, 0.1) is 23.9 Å². The third kappa shape index (κ3) is 6.86. The summed E-state index contributed by atoms with van der Waals surface area (Å²) < 4.78 is 7.01. The number of ether oxygens (including phenoxy) is 1. The molecule has 0 saturated heterocycles. The van der Waals surface area contributed by atoms with Crippen molar-refractivity contribution in [2.75, 3.05) is 24.7 Å². The van der Waals surface area contributed by atoms with Crippen LogP contribution in [0.1, 0.15) is 12.0 Å². The zero-order chi connectivity index (χ0) is 24.5. The van der Waals surface area contributed by atoms with Crippen molar-refractivity contribution in [1.82, 2.24) is 14.9 Å². The standard InChI is InChI=1S/C27H28N4O3S/c1-34-22-15-13-21(14-16-22)29-26(33)19-35-27-30-23-11-5-6-12-24(23)31(27)18-25(32)28-17-7-10-20-8-3-2-4-9-20/h2-6,8-9,11-16H,7,10,17-19H2,1H3,(H,28,32)(H,29,33). The number of anilines is 1. The Morgan fingerprint density at radius 3 is 2.46 bits per heavy atom. The summed E-state index contributed by atoms with van der Waals surface area (Å²) >= 11 is 1.31. The van der Waals surface area contributed by atoms with Crippen LogP contribution in [0.5, 0.6) is 5.75 Å². The number of hydrogen-bond donors (Lipinski definition) is 2. The number of thioether (sulfide) groups is 1. The van der Waals surface area contributed by atoms with Crippen LogP contribution in [0.2, 0.25) is 0 Å². The van der Waals surface area contributed by atoms with Gasteiger partial charge >= 0.3 is 0 Å². The number of aryl methyl sites for hydroxylation is 1. The summed E-state index contributed by atoms with van der Waals surface area (Å²) in [7, 11) is 1.60. The van der Waals surface area contributed by atoms with E-state index in [0.717, 1.165) is 29.6 Å². The molecule has 8 heteroatoms. The lowest BCUT2D eigenvalue weighted by Gasteiger charge is -2.10. The van der Waals surface area contributed by atoms with E-state index in [0.29, 0.717) is 17.4 Å². The van der Waals surface area contributed by atoms with E-state index in [9.17, 15) is 9.59 Å². The third-order valence-electron chi connectivity index (χ3n) is 5.43. The summed E-state index contributed by atoms with van der Waals surface area (Å²) in [6, 6.07) is 25.1. The van der Waals surface area contributed by atoms with Gasteiger partial charge in [0.15, 0.2) is 5.16 Å². The van der Waals surface area contributed by atoms with Gasteiger partial charge in [0.1, 0.15) is 12.3 Å². The number of rotatable bonds is 11. The van der Waals surface area contributed by atoms with E-state index in [2.05, 4.69) is 27.8 Å². The molecule has 3 aromatic carbocycles. The van der Waals surface area contributed by atoms with Crippen LogP contribution >= 0.6 is 11.8 Å². The first-order valence-electron chi connectivity index (χ1n) is 11.4. The van der Waals surface area contributed by atoms with Crippen LogP contribution in [0, 0.1) is 0 Å². The van der Waals surface area contributed by atoms with E-state index in [1.807, 2.05) is 47.0 Å². The number of nitrogens with zero attached hydrogens (tertiary/aromatic N) is 2. The molecule has 4 rings (SSSR count). The maximum Gasteiger partial charge on any atom is 0.240 e. The number of imidazole rings is 1. The number of nitrogens with one attached hydrogen (secondary N) is 2. The molecule has 4 aromatic rings. The Morgan fingerprint density at radius 1 is 0.943 bits per heavy atom.